The van der Waals surface area contributed by atoms with E-state index in [2.05, 4.69) is 24.4 Å². The van der Waals surface area contributed by atoms with Crippen LogP contribution in [0.5, 0.6) is 11.5 Å². The van der Waals surface area contributed by atoms with Crippen molar-refractivity contribution in [2.24, 2.45) is 0 Å². The molecule has 1 N–H and O–H groups in total. The molecule has 0 fully saturated rings. The fourth-order valence-corrected chi connectivity index (χ4v) is 4.39. The van der Waals surface area contributed by atoms with E-state index in [0.717, 1.165) is 34.3 Å². The lowest BCUT2D eigenvalue weighted by Gasteiger charge is -2.30. The highest BCUT2D eigenvalue weighted by molar-refractivity contribution is 7.99. The van der Waals surface area contributed by atoms with Gasteiger partial charge in [0.1, 0.15) is 11.5 Å². The van der Waals surface area contributed by atoms with E-state index in [1.165, 1.54) is 10.5 Å². The van der Waals surface area contributed by atoms with E-state index >= 15 is 0 Å². The van der Waals surface area contributed by atoms with Crippen LogP contribution in [0.25, 0.3) is 0 Å². The van der Waals surface area contributed by atoms with E-state index in [1.54, 1.807) is 14.2 Å². The number of nitrogens with one attached hydrogen (secondary N) is 1. The lowest BCUT2D eigenvalue weighted by Crippen LogP contribution is -2.27. The summed E-state index contributed by atoms with van der Waals surface area (Å²) in [7, 11) is 3.38. The van der Waals surface area contributed by atoms with Gasteiger partial charge in [0.15, 0.2) is 0 Å². The highest BCUT2D eigenvalue weighted by Crippen LogP contribution is 2.39. The van der Waals surface area contributed by atoms with E-state index in [4.69, 9.17) is 21.1 Å². The second-order valence-corrected chi connectivity index (χ2v) is 7.44. The quantitative estimate of drug-likeness (QED) is 0.786. The fraction of sp³-hybridized carbons (Fsp3) is 0.368. The van der Waals surface area contributed by atoms with Gasteiger partial charge in [-0.15, -0.1) is 11.8 Å². The van der Waals surface area contributed by atoms with Gasteiger partial charge in [0, 0.05) is 27.6 Å². The van der Waals surface area contributed by atoms with Crippen LogP contribution >= 0.6 is 23.4 Å². The Morgan fingerprint density at radius 3 is 2.75 bits per heavy atom. The lowest BCUT2D eigenvalue weighted by molar-refractivity contribution is 0.383. The largest absolute Gasteiger partial charge is 0.497 e. The maximum Gasteiger partial charge on any atom is 0.123 e. The molecular formula is C19H22ClNO2S. The van der Waals surface area contributed by atoms with E-state index in [-0.39, 0.29) is 12.1 Å². The number of hydrogen-bond acceptors (Lipinski definition) is 4. The highest BCUT2D eigenvalue weighted by atomic mass is 35.5. The van der Waals surface area contributed by atoms with Crippen molar-refractivity contribution in [3.63, 3.8) is 0 Å². The van der Waals surface area contributed by atoms with Crippen LogP contribution in [0.2, 0.25) is 5.02 Å². The van der Waals surface area contributed by atoms with E-state index in [1.807, 2.05) is 36.0 Å². The van der Waals surface area contributed by atoms with Crippen LogP contribution in [-0.2, 0) is 0 Å². The molecule has 2 atom stereocenters. The first kappa shape index (κ1) is 17.5. The molecule has 0 aromatic heterocycles. The number of rotatable bonds is 5. The standard InChI is InChI=1S/C19H22ClNO2S/c1-12(15-11-14(22-2)5-6-18(15)23-3)21-17-8-9-24-19-7-4-13(20)10-16(17)19/h4-7,10-12,17,21H,8-9H2,1-3H3. The zero-order valence-corrected chi connectivity index (χ0v) is 15.7. The summed E-state index contributed by atoms with van der Waals surface area (Å²) in [4.78, 5) is 1.31. The molecule has 0 aliphatic carbocycles. The maximum atomic E-state index is 6.21. The Labute approximate surface area is 152 Å². The maximum absolute atomic E-state index is 6.21. The molecule has 2 unspecified atom stereocenters. The van der Waals surface area contributed by atoms with Crippen LogP contribution in [0.3, 0.4) is 0 Å². The molecule has 0 bridgehead atoms. The molecule has 1 heterocycles. The number of ether oxygens (including phenoxy) is 2. The third-order valence-corrected chi connectivity index (χ3v) is 5.72. The first-order chi connectivity index (χ1) is 11.6. The van der Waals surface area contributed by atoms with Crippen LogP contribution in [0, 0.1) is 0 Å². The number of benzene rings is 2. The van der Waals surface area contributed by atoms with Gasteiger partial charge in [0.05, 0.1) is 14.2 Å². The van der Waals surface area contributed by atoms with Crippen LogP contribution < -0.4 is 14.8 Å². The van der Waals surface area contributed by atoms with Crippen molar-refractivity contribution in [3.8, 4) is 11.5 Å². The minimum Gasteiger partial charge on any atom is -0.497 e. The third kappa shape index (κ3) is 3.66. The van der Waals surface area contributed by atoms with Crippen molar-refractivity contribution in [2.75, 3.05) is 20.0 Å². The summed E-state index contributed by atoms with van der Waals surface area (Å²) in [5, 5.41) is 4.52. The van der Waals surface area contributed by atoms with Crippen molar-refractivity contribution in [2.45, 2.75) is 30.3 Å². The molecule has 2 aromatic rings. The summed E-state index contributed by atoms with van der Waals surface area (Å²) in [6.07, 6.45) is 1.08. The molecule has 3 rings (SSSR count). The molecule has 1 aliphatic rings. The highest BCUT2D eigenvalue weighted by Gasteiger charge is 2.24. The van der Waals surface area contributed by atoms with E-state index in [0.29, 0.717) is 0 Å². The van der Waals surface area contributed by atoms with Gasteiger partial charge in [0.25, 0.3) is 0 Å². The molecule has 24 heavy (non-hydrogen) atoms. The van der Waals surface area contributed by atoms with Gasteiger partial charge in [0.2, 0.25) is 0 Å². The van der Waals surface area contributed by atoms with Gasteiger partial charge in [-0.05, 0) is 61.1 Å². The third-order valence-electron chi connectivity index (χ3n) is 4.37. The predicted octanol–water partition coefficient (Wildman–Crippen LogP) is 5.24. The molecule has 0 amide bonds. The Balaban J connectivity index is 1.86. The average molecular weight is 364 g/mol. The summed E-state index contributed by atoms with van der Waals surface area (Å²) in [6, 6.07) is 12.5. The van der Waals surface area contributed by atoms with E-state index in [9.17, 15) is 0 Å². The molecule has 0 radical (unpaired) electrons. The Morgan fingerprint density at radius 1 is 1.17 bits per heavy atom. The molecule has 1 aliphatic heterocycles. The number of methoxy groups -OCH3 is 2. The van der Waals surface area contributed by atoms with E-state index < -0.39 is 0 Å². The monoisotopic (exact) mass is 363 g/mol. The molecule has 0 saturated heterocycles. The molecule has 0 saturated carbocycles. The fourth-order valence-electron chi connectivity index (χ4n) is 3.11. The normalized spacial score (nSPS) is 17.9. The predicted molar refractivity (Wildman–Crippen MR) is 101 cm³/mol. The lowest BCUT2D eigenvalue weighted by atomic mass is 10.00. The topological polar surface area (TPSA) is 30.5 Å². The summed E-state index contributed by atoms with van der Waals surface area (Å²) < 4.78 is 10.9. The second kappa shape index (κ2) is 7.68. The molecule has 3 nitrogen and oxygen atoms in total. The van der Waals surface area contributed by atoms with Gasteiger partial charge in [-0.3, -0.25) is 0 Å². The Morgan fingerprint density at radius 2 is 2.00 bits per heavy atom. The zero-order valence-electron chi connectivity index (χ0n) is 14.1. The number of thioether (sulfide) groups is 1. The van der Waals surface area contributed by atoms with Crippen LogP contribution in [0.4, 0.5) is 0 Å². The molecule has 0 spiro atoms. The molecule has 2 aromatic carbocycles. The van der Waals surface area contributed by atoms with Gasteiger partial charge in [-0.1, -0.05) is 11.6 Å². The van der Waals surface area contributed by atoms with Crippen LogP contribution in [0.15, 0.2) is 41.3 Å². The summed E-state index contributed by atoms with van der Waals surface area (Å²) >= 11 is 8.10. The number of fused-ring (bicyclic) bond motifs is 1. The van der Waals surface area contributed by atoms with Crippen molar-refractivity contribution in [1.82, 2.24) is 5.32 Å². The van der Waals surface area contributed by atoms with Crippen molar-refractivity contribution < 1.29 is 9.47 Å². The van der Waals surface area contributed by atoms with Gasteiger partial charge >= 0.3 is 0 Å². The minimum absolute atomic E-state index is 0.134. The SMILES string of the molecule is COc1ccc(OC)c(C(C)NC2CCSc3ccc(Cl)cc32)c1. The summed E-state index contributed by atoms with van der Waals surface area (Å²) in [5.41, 5.74) is 2.38. The second-order valence-electron chi connectivity index (χ2n) is 5.87. The number of halogens is 1. The minimum atomic E-state index is 0.134. The Bertz CT molecular complexity index is 723. The van der Waals surface area contributed by atoms with Crippen molar-refractivity contribution in [3.05, 3.63) is 52.5 Å². The first-order valence-electron chi connectivity index (χ1n) is 8.02. The molecule has 5 heteroatoms. The zero-order chi connectivity index (χ0) is 17.1. The smallest absolute Gasteiger partial charge is 0.123 e. The van der Waals surface area contributed by atoms with Crippen molar-refractivity contribution >= 4 is 23.4 Å². The van der Waals surface area contributed by atoms with Gasteiger partial charge < -0.3 is 14.8 Å². The van der Waals surface area contributed by atoms with Crippen molar-refractivity contribution in [1.29, 1.82) is 0 Å². The average Bonchev–Trinajstić information content (AvgIpc) is 2.61. The van der Waals surface area contributed by atoms with Crippen LogP contribution in [0.1, 0.15) is 36.6 Å². The van der Waals surface area contributed by atoms with Gasteiger partial charge in [-0.2, -0.15) is 0 Å². The summed E-state index contributed by atoms with van der Waals surface area (Å²) in [5.74, 6) is 2.81. The Kier molecular flexibility index (Phi) is 5.59. The number of hydrogen-bond donors (Lipinski definition) is 1. The van der Waals surface area contributed by atoms with Gasteiger partial charge in [-0.25, -0.2) is 0 Å². The summed E-state index contributed by atoms with van der Waals surface area (Å²) in [6.45, 7) is 2.16. The van der Waals surface area contributed by atoms with Crippen LogP contribution in [-0.4, -0.2) is 20.0 Å². The molecular weight excluding hydrogens is 342 g/mol. The first-order valence-corrected chi connectivity index (χ1v) is 9.39. The Hall–Kier alpha value is -1.36. The molecule has 128 valence electrons.